The molecule has 0 spiro atoms. The predicted octanol–water partition coefficient (Wildman–Crippen LogP) is 5.39. The molecule has 1 unspecified atom stereocenters. The topological polar surface area (TPSA) is 97.1 Å². The molecule has 0 bridgehead atoms. The summed E-state index contributed by atoms with van der Waals surface area (Å²) in [6.07, 6.45) is 2.02. The normalized spacial score (nSPS) is 11.7. The van der Waals surface area contributed by atoms with Crippen molar-refractivity contribution in [1.82, 2.24) is 15.5 Å². The van der Waals surface area contributed by atoms with Crippen LogP contribution < -0.4 is 10.6 Å². The number of hydrogen-bond acceptors (Lipinski definition) is 6. The molecule has 34 heavy (non-hydrogen) atoms. The highest BCUT2D eigenvalue weighted by molar-refractivity contribution is 7.09. The number of thiophene rings is 1. The van der Waals surface area contributed by atoms with E-state index in [1.807, 2.05) is 11.4 Å². The van der Waals surface area contributed by atoms with E-state index in [9.17, 15) is 14.0 Å². The number of nitrogens with one attached hydrogen (secondary N) is 2. The van der Waals surface area contributed by atoms with Crippen LogP contribution in [0.5, 0.6) is 0 Å². The maximum atomic E-state index is 13.1. The lowest BCUT2D eigenvalue weighted by molar-refractivity contribution is -0.116. The lowest BCUT2D eigenvalue weighted by Crippen LogP contribution is -2.27. The molecule has 2 heterocycles. The van der Waals surface area contributed by atoms with Crippen molar-refractivity contribution in [2.75, 3.05) is 5.32 Å². The Morgan fingerprint density at radius 3 is 2.71 bits per heavy atom. The molecule has 4 aromatic rings. The van der Waals surface area contributed by atoms with E-state index in [0.717, 1.165) is 12.8 Å². The van der Waals surface area contributed by atoms with E-state index in [-0.39, 0.29) is 23.5 Å². The molecule has 174 valence electrons. The average Bonchev–Trinajstić information content (AvgIpc) is 3.52. The van der Waals surface area contributed by atoms with Gasteiger partial charge in [-0.3, -0.25) is 9.59 Å². The van der Waals surface area contributed by atoms with Crippen molar-refractivity contribution in [2.24, 2.45) is 0 Å². The number of halogens is 1. The van der Waals surface area contributed by atoms with Gasteiger partial charge in [0.15, 0.2) is 0 Å². The molecule has 0 aliphatic carbocycles. The van der Waals surface area contributed by atoms with Crippen LogP contribution in [0.4, 0.5) is 10.1 Å². The van der Waals surface area contributed by atoms with Crippen LogP contribution in [-0.4, -0.2) is 22.0 Å². The standard InChI is InChI=1S/C25H23FN4O3S/c1-16(25-29-23(30-33-25)17-10-12-19(26)13-11-17)27-24(32)18-5-2-6-20(15-18)28-22(31)9-3-7-21-8-4-14-34-21/h2,4-6,8,10-16H,3,7,9H2,1H3,(H,27,32)(H,28,31). The molecule has 0 fully saturated rings. The van der Waals surface area contributed by atoms with Gasteiger partial charge in [0, 0.05) is 28.1 Å². The number of rotatable bonds is 9. The van der Waals surface area contributed by atoms with Crippen molar-refractivity contribution < 1.29 is 18.5 Å². The first-order valence-electron chi connectivity index (χ1n) is 10.8. The average molecular weight is 479 g/mol. The number of carbonyl (C=O) groups excluding carboxylic acids is 2. The number of carbonyl (C=O) groups is 2. The third kappa shape index (κ3) is 6.14. The Morgan fingerprint density at radius 1 is 1.12 bits per heavy atom. The molecule has 2 aromatic carbocycles. The van der Waals surface area contributed by atoms with Gasteiger partial charge in [-0.2, -0.15) is 4.98 Å². The van der Waals surface area contributed by atoms with Crippen LogP contribution in [0, 0.1) is 5.82 Å². The Morgan fingerprint density at radius 2 is 1.94 bits per heavy atom. The smallest absolute Gasteiger partial charge is 0.251 e. The van der Waals surface area contributed by atoms with Crippen molar-refractivity contribution in [3.63, 3.8) is 0 Å². The second kappa shape index (κ2) is 10.8. The summed E-state index contributed by atoms with van der Waals surface area (Å²) in [4.78, 5) is 30.5. The predicted molar refractivity (Wildman–Crippen MR) is 128 cm³/mol. The van der Waals surface area contributed by atoms with Crippen LogP contribution in [0.3, 0.4) is 0 Å². The van der Waals surface area contributed by atoms with Gasteiger partial charge in [-0.1, -0.05) is 17.3 Å². The molecule has 4 rings (SSSR count). The summed E-state index contributed by atoms with van der Waals surface area (Å²) in [5.41, 5.74) is 1.55. The second-order valence-electron chi connectivity index (χ2n) is 7.72. The number of hydrogen-bond donors (Lipinski definition) is 2. The van der Waals surface area contributed by atoms with E-state index in [0.29, 0.717) is 29.1 Å². The van der Waals surface area contributed by atoms with E-state index in [2.05, 4.69) is 26.8 Å². The first-order chi connectivity index (χ1) is 16.5. The summed E-state index contributed by atoms with van der Waals surface area (Å²) in [6.45, 7) is 1.72. The molecular formula is C25H23FN4O3S. The van der Waals surface area contributed by atoms with Gasteiger partial charge in [0.2, 0.25) is 17.6 Å². The summed E-state index contributed by atoms with van der Waals surface area (Å²) in [5.74, 6) is -0.267. The number of amides is 2. The molecule has 2 amide bonds. The fourth-order valence-corrected chi connectivity index (χ4v) is 4.06. The number of anilines is 1. The van der Waals surface area contributed by atoms with Gasteiger partial charge in [-0.05, 0) is 73.7 Å². The van der Waals surface area contributed by atoms with Crippen LogP contribution in [0.15, 0.2) is 70.6 Å². The molecule has 0 saturated carbocycles. The van der Waals surface area contributed by atoms with E-state index in [1.54, 1.807) is 54.7 Å². The summed E-state index contributed by atoms with van der Waals surface area (Å²) in [6, 6.07) is 16.0. The van der Waals surface area contributed by atoms with E-state index in [4.69, 9.17) is 4.52 Å². The first-order valence-corrected chi connectivity index (χ1v) is 11.7. The molecule has 9 heteroatoms. The van der Waals surface area contributed by atoms with Gasteiger partial charge < -0.3 is 15.2 Å². The second-order valence-corrected chi connectivity index (χ2v) is 8.75. The van der Waals surface area contributed by atoms with Gasteiger partial charge >= 0.3 is 0 Å². The van der Waals surface area contributed by atoms with Gasteiger partial charge in [0.25, 0.3) is 5.91 Å². The summed E-state index contributed by atoms with van der Waals surface area (Å²) < 4.78 is 18.4. The number of nitrogens with zero attached hydrogens (tertiary/aromatic N) is 2. The zero-order chi connectivity index (χ0) is 23.9. The Kier molecular flexibility index (Phi) is 7.44. The van der Waals surface area contributed by atoms with Gasteiger partial charge in [-0.15, -0.1) is 11.3 Å². The Labute approximate surface area is 200 Å². The van der Waals surface area contributed by atoms with Crippen LogP contribution in [-0.2, 0) is 11.2 Å². The zero-order valence-corrected chi connectivity index (χ0v) is 19.3. The summed E-state index contributed by atoms with van der Waals surface area (Å²) in [7, 11) is 0. The molecule has 0 aliphatic rings. The molecule has 1 atom stereocenters. The lowest BCUT2D eigenvalue weighted by Gasteiger charge is -2.11. The monoisotopic (exact) mass is 478 g/mol. The van der Waals surface area contributed by atoms with E-state index in [1.165, 1.54) is 17.0 Å². The molecule has 0 saturated heterocycles. The highest BCUT2D eigenvalue weighted by Gasteiger charge is 2.18. The maximum absolute atomic E-state index is 13.1. The van der Waals surface area contributed by atoms with Crippen LogP contribution in [0.2, 0.25) is 0 Å². The van der Waals surface area contributed by atoms with E-state index < -0.39 is 6.04 Å². The minimum atomic E-state index is -0.551. The number of benzene rings is 2. The highest BCUT2D eigenvalue weighted by atomic mass is 32.1. The molecule has 2 aromatic heterocycles. The Bertz CT molecular complexity index is 1260. The third-order valence-electron chi connectivity index (χ3n) is 5.08. The largest absolute Gasteiger partial charge is 0.341 e. The number of aromatic nitrogens is 2. The first kappa shape index (κ1) is 23.3. The highest BCUT2D eigenvalue weighted by Crippen LogP contribution is 2.20. The maximum Gasteiger partial charge on any atom is 0.251 e. The van der Waals surface area contributed by atoms with Crippen LogP contribution in [0.1, 0.15) is 46.9 Å². The molecule has 0 radical (unpaired) electrons. The summed E-state index contributed by atoms with van der Waals surface area (Å²) >= 11 is 1.68. The van der Waals surface area contributed by atoms with Crippen molar-refractivity contribution in [3.8, 4) is 11.4 Å². The molecule has 0 aliphatic heterocycles. The van der Waals surface area contributed by atoms with Gasteiger partial charge in [0.1, 0.15) is 11.9 Å². The van der Waals surface area contributed by atoms with Crippen molar-refractivity contribution in [2.45, 2.75) is 32.2 Å². The Hall–Kier alpha value is -3.85. The van der Waals surface area contributed by atoms with E-state index >= 15 is 0 Å². The third-order valence-corrected chi connectivity index (χ3v) is 6.01. The van der Waals surface area contributed by atoms with Crippen molar-refractivity contribution in [1.29, 1.82) is 0 Å². The van der Waals surface area contributed by atoms with Crippen molar-refractivity contribution in [3.05, 3.63) is 88.2 Å². The minimum absolute atomic E-state index is 0.0957. The molecule has 2 N–H and O–H groups in total. The van der Waals surface area contributed by atoms with Gasteiger partial charge in [-0.25, -0.2) is 4.39 Å². The fraction of sp³-hybridized carbons (Fsp3) is 0.200. The van der Waals surface area contributed by atoms with Crippen LogP contribution >= 0.6 is 11.3 Å². The van der Waals surface area contributed by atoms with Gasteiger partial charge in [0.05, 0.1) is 0 Å². The molecular weight excluding hydrogens is 455 g/mol. The minimum Gasteiger partial charge on any atom is -0.341 e. The quantitative estimate of drug-likeness (QED) is 0.336. The SMILES string of the molecule is CC(NC(=O)c1cccc(NC(=O)CCCc2cccs2)c1)c1nc(-c2ccc(F)cc2)no1. The van der Waals surface area contributed by atoms with Crippen molar-refractivity contribution >= 4 is 28.8 Å². The fourth-order valence-electron chi connectivity index (χ4n) is 3.31. The Balaban J connectivity index is 1.32. The molecule has 7 nitrogen and oxygen atoms in total. The number of aryl methyl sites for hydroxylation is 1. The summed E-state index contributed by atoms with van der Waals surface area (Å²) in [5, 5.41) is 11.6. The van der Waals surface area contributed by atoms with Crippen LogP contribution in [0.25, 0.3) is 11.4 Å². The lowest BCUT2D eigenvalue weighted by atomic mass is 10.1. The zero-order valence-electron chi connectivity index (χ0n) is 18.5.